The second kappa shape index (κ2) is 7.05. The highest BCUT2D eigenvalue weighted by molar-refractivity contribution is 5.78. The molecule has 1 N–H and O–H groups in total. The Morgan fingerprint density at radius 1 is 1.53 bits per heavy atom. The van der Waals surface area contributed by atoms with Crippen molar-refractivity contribution in [2.24, 2.45) is 0 Å². The lowest BCUT2D eigenvalue weighted by atomic mass is 10.2. The molecule has 0 aliphatic carbocycles. The average molecular weight is 236 g/mol. The molecule has 1 aliphatic heterocycles. The summed E-state index contributed by atoms with van der Waals surface area (Å²) in [5.41, 5.74) is 0. The lowest BCUT2D eigenvalue weighted by Crippen LogP contribution is -2.51. The molecule has 94 valence electrons. The van der Waals surface area contributed by atoms with E-state index in [1.807, 2.05) is 6.92 Å². The number of hydrogen-bond acceptors (Lipinski definition) is 4. The lowest BCUT2D eigenvalue weighted by Gasteiger charge is -2.35. The van der Waals surface area contributed by atoms with E-state index >= 15 is 0 Å². The zero-order chi connectivity index (χ0) is 12.7. The summed E-state index contributed by atoms with van der Waals surface area (Å²) >= 11 is 0. The molecule has 1 amide bonds. The van der Waals surface area contributed by atoms with Crippen LogP contribution in [-0.2, 0) is 4.79 Å². The van der Waals surface area contributed by atoms with E-state index in [1.165, 1.54) is 0 Å². The average Bonchev–Trinajstić information content (AvgIpc) is 2.36. The predicted molar refractivity (Wildman–Crippen MR) is 66.3 cm³/mol. The standard InChI is InChI=1S/C12H20N4O/c1-3-4-14-12(17)10-15-5-7-16(8-6-15)11(2)9-13/h3,11H,1,4-8,10H2,2H3,(H,14,17). The number of rotatable bonds is 5. The molecule has 0 aromatic carbocycles. The lowest BCUT2D eigenvalue weighted by molar-refractivity contribution is -0.122. The summed E-state index contributed by atoms with van der Waals surface area (Å²) in [6, 6.07) is 2.20. The van der Waals surface area contributed by atoms with Crippen LogP contribution in [0.1, 0.15) is 6.92 Å². The van der Waals surface area contributed by atoms with Crippen molar-refractivity contribution < 1.29 is 4.79 Å². The summed E-state index contributed by atoms with van der Waals surface area (Å²) in [6.45, 7) is 9.80. The molecule has 1 heterocycles. The van der Waals surface area contributed by atoms with Gasteiger partial charge in [0.2, 0.25) is 5.91 Å². The zero-order valence-corrected chi connectivity index (χ0v) is 10.4. The van der Waals surface area contributed by atoms with Crippen LogP contribution in [0.25, 0.3) is 0 Å². The maximum atomic E-state index is 11.5. The molecule has 5 heteroatoms. The van der Waals surface area contributed by atoms with Crippen LogP contribution < -0.4 is 5.32 Å². The van der Waals surface area contributed by atoms with Gasteiger partial charge in [0.25, 0.3) is 0 Å². The van der Waals surface area contributed by atoms with E-state index in [-0.39, 0.29) is 11.9 Å². The number of piperazine rings is 1. The molecular formula is C12H20N4O. The first-order valence-corrected chi connectivity index (χ1v) is 5.91. The van der Waals surface area contributed by atoms with Gasteiger partial charge in [-0.1, -0.05) is 6.08 Å². The van der Waals surface area contributed by atoms with Crippen molar-refractivity contribution in [3.63, 3.8) is 0 Å². The molecule has 1 unspecified atom stereocenters. The fourth-order valence-electron chi connectivity index (χ4n) is 1.84. The highest BCUT2D eigenvalue weighted by Gasteiger charge is 2.21. The molecule has 5 nitrogen and oxygen atoms in total. The van der Waals surface area contributed by atoms with E-state index in [2.05, 4.69) is 27.8 Å². The van der Waals surface area contributed by atoms with E-state index in [9.17, 15) is 4.79 Å². The maximum Gasteiger partial charge on any atom is 0.234 e. The van der Waals surface area contributed by atoms with E-state index in [0.717, 1.165) is 26.2 Å². The Kier molecular flexibility index (Phi) is 5.67. The number of amides is 1. The predicted octanol–water partition coefficient (Wildman–Crippen LogP) is -0.182. The zero-order valence-electron chi connectivity index (χ0n) is 10.4. The normalized spacial score (nSPS) is 19.3. The largest absolute Gasteiger partial charge is 0.352 e. The van der Waals surface area contributed by atoms with Crippen molar-refractivity contribution >= 4 is 5.91 Å². The third-order valence-corrected chi connectivity index (χ3v) is 2.95. The van der Waals surface area contributed by atoms with Crippen LogP contribution in [0.5, 0.6) is 0 Å². The molecule has 0 saturated carbocycles. The first-order valence-electron chi connectivity index (χ1n) is 5.91. The fourth-order valence-corrected chi connectivity index (χ4v) is 1.84. The van der Waals surface area contributed by atoms with Gasteiger partial charge in [-0.2, -0.15) is 5.26 Å². The Morgan fingerprint density at radius 2 is 2.18 bits per heavy atom. The summed E-state index contributed by atoms with van der Waals surface area (Å²) in [7, 11) is 0. The monoisotopic (exact) mass is 236 g/mol. The summed E-state index contributed by atoms with van der Waals surface area (Å²) < 4.78 is 0. The van der Waals surface area contributed by atoms with E-state index in [1.54, 1.807) is 6.08 Å². The van der Waals surface area contributed by atoms with Gasteiger partial charge in [0.1, 0.15) is 0 Å². The SMILES string of the molecule is C=CCNC(=O)CN1CCN(C(C)C#N)CC1. The van der Waals surface area contributed by atoms with E-state index in [4.69, 9.17) is 5.26 Å². The van der Waals surface area contributed by atoms with Gasteiger partial charge >= 0.3 is 0 Å². The van der Waals surface area contributed by atoms with Gasteiger partial charge in [0.05, 0.1) is 18.7 Å². The second-order valence-electron chi connectivity index (χ2n) is 4.21. The van der Waals surface area contributed by atoms with Crippen LogP contribution >= 0.6 is 0 Å². The van der Waals surface area contributed by atoms with Crippen LogP contribution in [0.2, 0.25) is 0 Å². The van der Waals surface area contributed by atoms with Crippen LogP contribution in [0, 0.1) is 11.3 Å². The quantitative estimate of drug-likeness (QED) is 0.673. The third kappa shape index (κ3) is 4.55. The molecule has 1 rings (SSSR count). The van der Waals surface area contributed by atoms with Crippen molar-refractivity contribution in [2.75, 3.05) is 39.3 Å². The maximum absolute atomic E-state index is 11.5. The summed E-state index contributed by atoms with van der Waals surface area (Å²) in [5.74, 6) is 0.0340. The number of nitrogens with one attached hydrogen (secondary N) is 1. The van der Waals surface area contributed by atoms with Gasteiger partial charge in [-0.15, -0.1) is 6.58 Å². The molecule has 0 radical (unpaired) electrons. The minimum absolute atomic E-state index is 0.0340. The highest BCUT2D eigenvalue weighted by atomic mass is 16.2. The molecule has 1 atom stereocenters. The van der Waals surface area contributed by atoms with Crippen LogP contribution in [0.4, 0.5) is 0 Å². The number of nitrogens with zero attached hydrogens (tertiary/aromatic N) is 3. The van der Waals surface area contributed by atoms with Crippen molar-refractivity contribution in [3.05, 3.63) is 12.7 Å². The molecular weight excluding hydrogens is 216 g/mol. The van der Waals surface area contributed by atoms with Crippen molar-refractivity contribution in [3.8, 4) is 6.07 Å². The molecule has 0 aromatic heterocycles. The Labute approximate surface area is 103 Å². The third-order valence-electron chi connectivity index (χ3n) is 2.95. The van der Waals surface area contributed by atoms with Crippen molar-refractivity contribution in [1.29, 1.82) is 5.26 Å². The number of carbonyl (C=O) groups is 1. The molecule has 1 fully saturated rings. The van der Waals surface area contributed by atoms with Gasteiger partial charge in [-0.3, -0.25) is 14.6 Å². The minimum atomic E-state index is -0.0354. The second-order valence-corrected chi connectivity index (χ2v) is 4.21. The van der Waals surface area contributed by atoms with Gasteiger partial charge in [0.15, 0.2) is 0 Å². The van der Waals surface area contributed by atoms with Crippen molar-refractivity contribution in [2.45, 2.75) is 13.0 Å². The Balaban J connectivity index is 2.25. The van der Waals surface area contributed by atoms with Crippen LogP contribution in [0.3, 0.4) is 0 Å². The fraction of sp³-hybridized carbons (Fsp3) is 0.667. The number of nitriles is 1. The van der Waals surface area contributed by atoms with Crippen LogP contribution in [0.15, 0.2) is 12.7 Å². The molecule has 0 spiro atoms. The molecule has 0 aromatic rings. The summed E-state index contributed by atoms with van der Waals surface area (Å²) in [5, 5.41) is 11.6. The van der Waals surface area contributed by atoms with E-state index in [0.29, 0.717) is 13.1 Å². The molecule has 1 saturated heterocycles. The molecule has 17 heavy (non-hydrogen) atoms. The highest BCUT2D eigenvalue weighted by Crippen LogP contribution is 2.05. The van der Waals surface area contributed by atoms with Gasteiger partial charge < -0.3 is 5.32 Å². The number of hydrogen-bond donors (Lipinski definition) is 1. The van der Waals surface area contributed by atoms with Gasteiger partial charge in [0, 0.05) is 32.7 Å². The first-order chi connectivity index (χ1) is 8.17. The van der Waals surface area contributed by atoms with Gasteiger partial charge in [-0.05, 0) is 6.92 Å². The number of carbonyl (C=O) groups excluding carboxylic acids is 1. The molecule has 0 bridgehead atoms. The minimum Gasteiger partial charge on any atom is -0.352 e. The topological polar surface area (TPSA) is 59.4 Å². The first kappa shape index (κ1) is 13.7. The smallest absolute Gasteiger partial charge is 0.234 e. The Bertz CT molecular complexity index is 302. The van der Waals surface area contributed by atoms with Crippen molar-refractivity contribution in [1.82, 2.24) is 15.1 Å². The van der Waals surface area contributed by atoms with E-state index < -0.39 is 0 Å². The Morgan fingerprint density at radius 3 is 2.71 bits per heavy atom. The molecule has 1 aliphatic rings. The summed E-state index contributed by atoms with van der Waals surface area (Å²) in [6.07, 6.45) is 1.67. The van der Waals surface area contributed by atoms with Crippen LogP contribution in [-0.4, -0.2) is 61.0 Å². The summed E-state index contributed by atoms with van der Waals surface area (Å²) in [4.78, 5) is 15.7. The van der Waals surface area contributed by atoms with Gasteiger partial charge in [-0.25, -0.2) is 0 Å². The Hall–Kier alpha value is -1.38.